The fourth-order valence-electron chi connectivity index (χ4n) is 0.756. The summed E-state index contributed by atoms with van der Waals surface area (Å²) in [5.74, 6) is 0. The Morgan fingerprint density at radius 1 is 0.164 bits per heavy atom. The summed E-state index contributed by atoms with van der Waals surface area (Å²) in [6.45, 7) is 0. The Labute approximate surface area is 695 Å². The Bertz CT molecular complexity index is 994. The number of halogens is 55. The summed E-state index contributed by atoms with van der Waals surface area (Å²) < 4.78 is 0. The van der Waals surface area contributed by atoms with Crippen molar-refractivity contribution in [3.63, 3.8) is 0 Å². The van der Waals surface area contributed by atoms with Crippen LogP contribution >= 0.6 is 726 Å². The molecule has 0 aromatic carbocycles. The SMILES string of the molecule is I[I-]I(I)I(I)I(I)I(I)I(I)I(I)I(I)I(I)I(I)I(I)I(I)I(I)I(I)I(I)I(I)I(I)I(I)I(I)I(I)I(I)I(I)I(I)I(I)I(I)I(I)I(I)I. The summed E-state index contributed by atoms with van der Waals surface area (Å²) in [6.07, 6.45) is 0. The van der Waals surface area contributed by atoms with Gasteiger partial charge in [0.05, 0.1) is 0 Å². The van der Waals surface area contributed by atoms with Gasteiger partial charge in [0.25, 0.3) is 0 Å². The van der Waals surface area contributed by atoms with Crippen LogP contribution in [-0.4, -0.2) is 0 Å². The van der Waals surface area contributed by atoms with Crippen molar-refractivity contribution >= 4 is 726 Å². The number of hydrogen-bond acceptors (Lipinski definition) is 0. The minimum atomic E-state index is -0.589. The van der Waals surface area contributed by atoms with Gasteiger partial charge in [0.2, 0.25) is 0 Å². The van der Waals surface area contributed by atoms with E-state index < -0.39 is 205 Å². The fourth-order valence-corrected chi connectivity index (χ4v) is 10300. The molecule has 0 N–H and O–H groups in total. The van der Waals surface area contributed by atoms with Crippen molar-refractivity contribution in [3.8, 4) is 0 Å². The molecular formula is I55-. The summed E-state index contributed by atoms with van der Waals surface area (Å²) in [6, 6.07) is 0. The molecule has 0 aromatic heterocycles. The summed E-state index contributed by atoms with van der Waals surface area (Å²) in [7, 11) is -14.0. The quantitative estimate of drug-likeness (QED) is 0.0757. The third-order valence-electron chi connectivity index (χ3n) is 2.08. The first kappa shape index (κ1) is 95.1. The third kappa shape index (κ3) is 39.6. The van der Waals surface area contributed by atoms with Crippen LogP contribution in [0.15, 0.2) is 0 Å². The number of rotatable bonds is 26. The number of hydrogen-bond donors (Lipinski definition) is 0. The molecule has 0 saturated heterocycles. The molecule has 0 aliphatic carbocycles. The van der Waals surface area contributed by atoms with Crippen LogP contribution in [0.1, 0.15) is 0 Å². The van der Waals surface area contributed by atoms with Gasteiger partial charge in [-0.1, -0.05) is 0 Å². The molecule has 0 aromatic rings. The van der Waals surface area contributed by atoms with Gasteiger partial charge in [-0.25, -0.2) is 0 Å². The zero-order chi connectivity index (χ0) is 43.7. The molecule has 0 atom stereocenters. The van der Waals surface area contributed by atoms with Crippen molar-refractivity contribution in [3.05, 3.63) is 0 Å². The average molecular weight is 6980 g/mol. The van der Waals surface area contributed by atoms with Crippen molar-refractivity contribution in [2.24, 2.45) is 0 Å². The Balaban J connectivity index is 5.62. The molecule has 0 rings (SSSR count). The first-order chi connectivity index (χ1) is 25.0. The Morgan fingerprint density at radius 2 is 0.273 bits per heavy atom. The third-order valence-corrected chi connectivity index (χ3v) is 4220. The Hall–Kier alpha value is 40.1. The molecular weight excluding hydrogens is 6980 g/mol. The van der Waals surface area contributed by atoms with Gasteiger partial charge >= 0.3 is 740 Å². The van der Waals surface area contributed by atoms with E-state index in [1.54, 1.807) is 0 Å². The molecule has 386 valence electrons. The van der Waals surface area contributed by atoms with Gasteiger partial charge in [0.15, 0.2) is 0 Å². The second-order valence-electron chi connectivity index (χ2n) is 4.27. The summed E-state index contributed by atoms with van der Waals surface area (Å²) >= 11 is 92.8. The van der Waals surface area contributed by atoms with Crippen molar-refractivity contribution < 1.29 is 13.3 Å². The maximum absolute atomic E-state index is 3.41. The van der Waals surface area contributed by atoms with E-state index in [1.807, 2.05) is 0 Å². The molecule has 0 aliphatic heterocycles. The van der Waals surface area contributed by atoms with E-state index in [0.29, 0.717) is 13.3 Å². The first-order valence-electron chi connectivity index (χ1n) is 7.71. The molecule has 0 spiro atoms. The zero-order valence-electron chi connectivity index (χ0n) is 20.8. The van der Waals surface area contributed by atoms with Crippen molar-refractivity contribution in [1.82, 2.24) is 0 Å². The molecule has 0 fully saturated rings. The van der Waals surface area contributed by atoms with Crippen molar-refractivity contribution in [2.45, 2.75) is 0 Å². The van der Waals surface area contributed by atoms with Crippen LogP contribution in [0.5, 0.6) is 0 Å². The topological polar surface area (TPSA) is 0 Å². The molecule has 0 unspecified atom stereocenters. The molecule has 0 amide bonds. The van der Waals surface area contributed by atoms with Gasteiger partial charge in [0, 0.05) is 0 Å². The normalized spacial score (nSPS) is 18.8. The van der Waals surface area contributed by atoms with E-state index in [1.165, 1.54) is 0 Å². The minimum absolute atomic E-state index is 0.401. The van der Waals surface area contributed by atoms with Crippen molar-refractivity contribution in [1.29, 1.82) is 0 Å². The maximum atomic E-state index is 3.41. The second-order valence-corrected chi connectivity index (χ2v) is 1290. The molecule has 0 radical (unpaired) electrons. The Morgan fingerprint density at radius 3 is 0.382 bits per heavy atom. The monoisotopic (exact) mass is 6980 g/mol. The molecule has 55 heavy (non-hydrogen) atoms. The molecule has 55 heteroatoms. The van der Waals surface area contributed by atoms with Crippen LogP contribution in [0.4, 0.5) is 0 Å². The van der Waals surface area contributed by atoms with Crippen molar-refractivity contribution in [2.75, 3.05) is 0 Å². The van der Waals surface area contributed by atoms with Gasteiger partial charge in [0.1, 0.15) is 0 Å². The van der Waals surface area contributed by atoms with Gasteiger partial charge in [-0.2, -0.15) is 0 Å². The van der Waals surface area contributed by atoms with Crippen LogP contribution in [0.3, 0.4) is 0 Å². The van der Waals surface area contributed by atoms with Gasteiger partial charge in [-0.05, 0) is 0 Å². The standard InChI is InChI=1S/I55/c1-29-31(4)33(6)35(8)37(10)39(12)41(14)43(16)45(18)47(20)49(22)51(24)53(26)55(28)54(27)52(25)50(23)48(21)46(19)44(17)42(15)40(13)38(11)36(9)34(7)32(5)30(2)3/q-1. The van der Waals surface area contributed by atoms with Gasteiger partial charge < -0.3 is 0 Å². The van der Waals surface area contributed by atoms with Crippen LogP contribution in [-0.2, 0) is 0 Å². The fraction of sp³-hybridized carbons (Fsp3) is 0. The predicted molar refractivity (Wildman–Crippen MR) is 757 cm³/mol. The predicted octanol–water partition coefficient (Wildman–Crippen LogP) is 44.8. The molecule has 0 nitrogen and oxygen atoms in total. The first-order valence-corrected chi connectivity index (χ1v) is 347. The van der Waals surface area contributed by atoms with E-state index in [4.69, 9.17) is 0 Å². The van der Waals surface area contributed by atoms with Gasteiger partial charge in [-0.3, -0.25) is 0 Å². The van der Waals surface area contributed by atoms with Gasteiger partial charge in [-0.15, -0.1) is 0 Å². The van der Waals surface area contributed by atoms with Crippen LogP contribution in [0.2, 0.25) is 0 Å². The average Bonchev–Trinajstić information content (AvgIpc) is 3.18. The molecule has 0 heterocycles. The van der Waals surface area contributed by atoms with Crippen LogP contribution in [0.25, 0.3) is 0 Å². The van der Waals surface area contributed by atoms with E-state index in [9.17, 15) is 0 Å². The van der Waals surface area contributed by atoms with Crippen LogP contribution < -0.4 is 13.3 Å². The van der Waals surface area contributed by atoms with E-state index >= 15 is 0 Å². The van der Waals surface area contributed by atoms with E-state index in [-0.39, 0.29) is 0 Å². The molecule has 0 saturated carbocycles. The van der Waals surface area contributed by atoms with E-state index in [2.05, 4.69) is 521 Å². The summed E-state index contributed by atoms with van der Waals surface area (Å²) in [5.41, 5.74) is 0. The summed E-state index contributed by atoms with van der Waals surface area (Å²) in [4.78, 5) is 0. The Kier molecular flexibility index (Phi) is 99.6. The molecule has 0 bridgehead atoms. The molecule has 0 aliphatic rings. The second kappa shape index (κ2) is 57.5. The zero-order valence-corrected chi connectivity index (χ0v) is 139. The van der Waals surface area contributed by atoms with E-state index in [0.717, 1.165) is 0 Å². The van der Waals surface area contributed by atoms with Crippen LogP contribution in [0, 0.1) is 0 Å². The summed E-state index contributed by atoms with van der Waals surface area (Å²) in [5, 5.41) is 0.